The van der Waals surface area contributed by atoms with Crippen molar-refractivity contribution >= 4 is 5.69 Å². The molecule has 2 nitrogen and oxygen atoms in total. The molecule has 2 heteroatoms. The van der Waals surface area contributed by atoms with Crippen LogP contribution in [0.5, 0.6) is 5.75 Å². The Labute approximate surface area is 130 Å². The van der Waals surface area contributed by atoms with E-state index >= 15 is 0 Å². The molecule has 0 heterocycles. The van der Waals surface area contributed by atoms with E-state index in [1.165, 1.54) is 24.9 Å². The number of anilines is 1. The summed E-state index contributed by atoms with van der Waals surface area (Å²) in [6.45, 7) is 13.7. The van der Waals surface area contributed by atoms with Crippen molar-refractivity contribution < 1.29 is 4.74 Å². The summed E-state index contributed by atoms with van der Waals surface area (Å²) in [7, 11) is 0. The van der Waals surface area contributed by atoms with E-state index < -0.39 is 0 Å². The molecule has 1 N–H and O–H groups in total. The van der Waals surface area contributed by atoms with Crippen LogP contribution in [-0.4, -0.2) is 12.1 Å². The monoisotopic (exact) mass is 289 g/mol. The van der Waals surface area contributed by atoms with Gasteiger partial charge in [-0.15, -0.1) is 0 Å². The summed E-state index contributed by atoms with van der Waals surface area (Å²) >= 11 is 0. The zero-order valence-corrected chi connectivity index (χ0v) is 14.5. The first-order valence-corrected chi connectivity index (χ1v) is 8.19. The maximum atomic E-state index is 5.70. The molecule has 0 aromatic heterocycles. The smallest absolute Gasteiger partial charge is 0.119 e. The molecule has 1 aromatic carbocycles. The predicted molar refractivity (Wildman–Crippen MR) is 91.0 cm³/mol. The zero-order valence-electron chi connectivity index (χ0n) is 14.5. The highest BCUT2D eigenvalue weighted by Crippen LogP contribution is 2.46. The molecule has 118 valence electrons. The molecule has 1 aromatic rings. The van der Waals surface area contributed by atoms with Gasteiger partial charge in [0.05, 0.1) is 6.10 Å². The van der Waals surface area contributed by atoms with Crippen LogP contribution in [0.25, 0.3) is 0 Å². The van der Waals surface area contributed by atoms with Crippen molar-refractivity contribution in [3.05, 3.63) is 24.3 Å². The molecular weight excluding hydrogens is 258 g/mol. The topological polar surface area (TPSA) is 21.3 Å². The Morgan fingerprint density at radius 1 is 1.00 bits per heavy atom. The van der Waals surface area contributed by atoms with Gasteiger partial charge in [-0.3, -0.25) is 0 Å². The second kappa shape index (κ2) is 5.90. The molecule has 0 amide bonds. The Balaban J connectivity index is 2.00. The van der Waals surface area contributed by atoms with Crippen LogP contribution < -0.4 is 10.1 Å². The minimum atomic E-state index is 0.226. The lowest BCUT2D eigenvalue weighted by molar-refractivity contribution is 0.105. The standard InChI is InChI=1S/C19H31NO/c1-14(2)21-17-9-7-15(8-10-17)20-16-11-18(3,4)13-19(5,6)12-16/h7-10,14,16,20H,11-13H2,1-6H3. The number of hydrogen-bond acceptors (Lipinski definition) is 2. The SMILES string of the molecule is CC(C)Oc1ccc(NC2CC(C)(C)CC(C)(C)C2)cc1. The van der Waals surface area contributed by atoms with Gasteiger partial charge in [-0.05, 0) is 68.2 Å². The fourth-order valence-electron chi connectivity index (χ4n) is 4.09. The van der Waals surface area contributed by atoms with Crippen LogP contribution in [0.4, 0.5) is 5.69 Å². The van der Waals surface area contributed by atoms with E-state index in [0.29, 0.717) is 16.9 Å². The van der Waals surface area contributed by atoms with Crippen LogP contribution in [0.1, 0.15) is 60.8 Å². The quantitative estimate of drug-likeness (QED) is 0.791. The Hall–Kier alpha value is -1.18. The minimum absolute atomic E-state index is 0.226. The van der Waals surface area contributed by atoms with Crippen molar-refractivity contribution in [2.45, 2.75) is 73.0 Å². The average Bonchev–Trinajstić information content (AvgIpc) is 2.26. The third-order valence-corrected chi connectivity index (χ3v) is 4.15. The van der Waals surface area contributed by atoms with Crippen molar-refractivity contribution in [3.63, 3.8) is 0 Å². The van der Waals surface area contributed by atoms with E-state index in [0.717, 1.165) is 5.75 Å². The summed E-state index contributed by atoms with van der Waals surface area (Å²) in [5.41, 5.74) is 2.03. The molecule has 1 aliphatic carbocycles. The van der Waals surface area contributed by atoms with Gasteiger partial charge in [-0.1, -0.05) is 27.7 Å². The fraction of sp³-hybridized carbons (Fsp3) is 0.684. The van der Waals surface area contributed by atoms with Crippen LogP contribution in [0, 0.1) is 10.8 Å². The van der Waals surface area contributed by atoms with Crippen LogP contribution in [0.15, 0.2) is 24.3 Å². The molecule has 1 saturated carbocycles. The molecule has 0 bridgehead atoms. The van der Waals surface area contributed by atoms with Gasteiger partial charge >= 0.3 is 0 Å². The van der Waals surface area contributed by atoms with E-state index in [2.05, 4.69) is 71.1 Å². The van der Waals surface area contributed by atoms with Gasteiger partial charge in [0.1, 0.15) is 5.75 Å². The lowest BCUT2D eigenvalue weighted by atomic mass is 9.63. The van der Waals surface area contributed by atoms with Gasteiger partial charge in [-0.2, -0.15) is 0 Å². The van der Waals surface area contributed by atoms with Gasteiger partial charge in [-0.25, -0.2) is 0 Å². The van der Waals surface area contributed by atoms with Crippen molar-refractivity contribution in [1.29, 1.82) is 0 Å². The number of rotatable bonds is 4. The zero-order chi connectivity index (χ0) is 15.7. The summed E-state index contributed by atoms with van der Waals surface area (Å²) in [5.74, 6) is 0.944. The molecule has 0 radical (unpaired) electrons. The summed E-state index contributed by atoms with van der Waals surface area (Å²) in [5, 5.41) is 3.72. The summed E-state index contributed by atoms with van der Waals surface area (Å²) in [6, 6.07) is 8.93. The number of nitrogens with one attached hydrogen (secondary N) is 1. The van der Waals surface area contributed by atoms with Gasteiger partial charge in [0.15, 0.2) is 0 Å². The molecule has 0 unspecified atom stereocenters. The molecule has 1 fully saturated rings. The average molecular weight is 289 g/mol. The third kappa shape index (κ3) is 4.94. The highest BCUT2D eigenvalue weighted by Gasteiger charge is 2.38. The van der Waals surface area contributed by atoms with E-state index in [4.69, 9.17) is 4.74 Å². The van der Waals surface area contributed by atoms with Crippen molar-refractivity contribution in [2.75, 3.05) is 5.32 Å². The van der Waals surface area contributed by atoms with Crippen molar-refractivity contribution in [3.8, 4) is 5.75 Å². The number of hydrogen-bond donors (Lipinski definition) is 1. The minimum Gasteiger partial charge on any atom is -0.491 e. The molecule has 2 rings (SSSR count). The highest BCUT2D eigenvalue weighted by molar-refractivity contribution is 5.47. The maximum absolute atomic E-state index is 5.70. The van der Waals surface area contributed by atoms with E-state index in [1.807, 2.05) is 0 Å². The molecule has 0 saturated heterocycles. The van der Waals surface area contributed by atoms with Crippen LogP contribution in [-0.2, 0) is 0 Å². The Kier molecular flexibility index (Phi) is 4.55. The predicted octanol–water partition coefficient (Wildman–Crippen LogP) is 5.49. The van der Waals surface area contributed by atoms with E-state index in [1.54, 1.807) is 0 Å². The molecule has 0 spiro atoms. The second-order valence-corrected chi connectivity index (χ2v) is 8.45. The normalized spacial score (nSPS) is 21.3. The lowest BCUT2D eigenvalue weighted by Gasteiger charge is -2.45. The van der Waals surface area contributed by atoms with Gasteiger partial charge in [0, 0.05) is 11.7 Å². The molecule has 0 aliphatic heterocycles. The molecule has 21 heavy (non-hydrogen) atoms. The maximum Gasteiger partial charge on any atom is 0.119 e. The van der Waals surface area contributed by atoms with Crippen molar-refractivity contribution in [2.24, 2.45) is 10.8 Å². The first kappa shape index (κ1) is 16.2. The van der Waals surface area contributed by atoms with Crippen LogP contribution in [0.3, 0.4) is 0 Å². The Bertz CT molecular complexity index is 443. The molecular formula is C19H31NO. The van der Waals surface area contributed by atoms with Gasteiger partial charge in [0.2, 0.25) is 0 Å². The summed E-state index contributed by atoms with van der Waals surface area (Å²) in [4.78, 5) is 0. The largest absolute Gasteiger partial charge is 0.491 e. The molecule has 0 atom stereocenters. The van der Waals surface area contributed by atoms with Crippen molar-refractivity contribution in [1.82, 2.24) is 0 Å². The van der Waals surface area contributed by atoms with E-state index in [-0.39, 0.29) is 6.10 Å². The first-order valence-electron chi connectivity index (χ1n) is 8.19. The highest BCUT2D eigenvalue weighted by atomic mass is 16.5. The number of ether oxygens (including phenoxy) is 1. The summed E-state index contributed by atoms with van der Waals surface area (Å²) in [6.07, 6.45) is 4.00. The summed E-state index contributed by atoms with van der Waals surface area (Å²) < 4.78 is 5.70. The molecule has 1 aliphatic rings. The lowest BCUT2D eigenvalue weighted by Crippen LogP contribution is -2.40. The fourth-order valence-corrected chi connectivity index (χ4v) is 4.09. The van der Waals surface area contributed by atoms with E-state index in [9.17, 15) is 0 Å². The van der Waals surface area contributed by atoms with Crippen LogP contribution >= 0.6 is 0 Å². The van der Waals surface area contributed by atoms with Gasteiger partial charge < -0.3 is 10.1 Å². The van der Waals surface area contributed by atoms with Gasteiger partial charge in [0.25, 0.3) is 0 Å². The second-order valence-electron chi connectivity index (χ2n) is 8.45. The Morgan fingerprint density at radius 3 is 2.00 bits per heavy atom. The first-order chi connectivity index (χ1) is 9.65. The Morgan fingerprint density at radius 2 is 1.52 bits per heavy atom. The van der Waals surface area contributed by atoms with Crippen LogP contribution in [0.2, 0.25) is 0 Å². The number of benzene rings is 1. The third-order valence-electron chi connectivity index (χ3n) is 4.15.